The minimum atomic E-state index is -0.0460. The molecule has 0 saturated carbocycles. The molecule has 1 saturated heterocycles. The van der Waals surface area contributed by atoms with Gasteiger partial charge in [-0.1, -0.05) is 42.5 Å². The number of morpholine rings is 1. The maximum Gasteiger partial charge on any atom is 0.252 e. The Kier molecular flexibility index (Phi) is 6.01. The van der Waals surface area contributed by atoms with E-state index in [1.54, 1.807) is 0 Å². The first kappa shape index (κ1) is 17.1. The molecule has 24 heavy (non-hydrogen) atoms. The molecule has 0 spiro atoms. The zero-order valence-electron chi connectivity index (χ0n) is 13.5. The molecule has 2 aromatic carbocycles. The highest BCUT2D eigenvalue weighted by atomic mass is 79.9. The summed E-state index contributed by atoms with van der Waals surface area (Å²) in [5.41, 5.74) is 1.88. The third-order valence-corrected chi connectivity index (χ3v) is 4.85. The Morgan fingerprint density at radius 2 is 1.92 bits per heavy atom. The third kappa shape index (κ3) is 4.44. The van der Waals surface area contributed by atoms with Crippen LogP contribution in [0.15, 0.2) is 59.1 Å². The van der Waals surface area contributed by atoms with Gasteiger partial charge in [-0.3, -0.25) is 9.69 Å². The number of nitrogens with zero attached hydrogens (tertiary/aromatic N) is 1. The second kappa shape index (κ2) is 8.42. The Labute approximate surface area is 150 Å². The van der Waals surface area contributed by atoms with Gasteiger partial charge < -0.3 is 10.1 Å². The summed E-state index contributed by atoms with van der Waals surface area (Å²) in [6.07, 6.45) is 0.110. The number of nitrogens with one attached hydrogen (secondary N) is 1. The zero-order chi connectivity index (χ0) is 16.8. The largest absolute Gasteiger partial charge is 0.371 e. The second-order valence-corrected chi connectivity index (χ2v) is 6.66. The van der Waals surface area contributed by atoms with E-state index in [9.17, 15) is 4.79 Å². The minimum Gasteiger partial charge on any atom is -0.371 e. The highest BCUT2D eigenvalue weighted by Crippen LogP contribution is 2.21. The summed E-state index contributed by atoms with van der Waals surface area (Å²) in [4.78, 5) is 14.5. The molecule has 1 N–H and O–H groups in total. The van der Waals surface area contributed by atoms with Crippen LogP contribution >= 0.6 is 15.9 Å². The van der Waals surface area contributed by atoms with E-state index in [-0.39, 0.29) is 12.0 Å². The highest BCUT2D eigenvalue weighted by molar-refractivity contribution is 9.10. The highest BCUT2D eigenvalue weighted by Gasteiger charge is 2.21. The van der Waals surface area contributed by atoms with Crippen LogP contribution in [0.1, 0.15) is 22.0 Å². The molecule has 0 radical (unpaired) electrons. The van der Waals surface area contributed by atoms with Crippen LogP contribution < -0.4 is 5.32 Å². The Morgan fingerprint density at radius 1 is 1.17 bits per heavy atom. The molecule has 4 nitrogen and oxygen atoms in total. The maximum atomic E-state index is 12.2. The van der Waals surface area contributed by atoms with Gasteiger partial charge in [0, 0.05) is 30.7 Å². The van der Waals surface area contributed by atoms with Crippen LogP contribution in [0.2, 0.25) is 0 Å². The minimum absolute atomic E-state index is 0.0460. The molecule has 1 amide bonds. The van der Waals surface area contributed by atoms with Crippen LogP contribution in [0.3, 0.4) is 0 Å². The normalized spacial score (nSPS) is 18.3. The number of carbonyl (C=O) groups is 1. The molecule has 5 heteroatoms. The standard InChI is InChI=1S/C19H21BrN2O2/c20-17-9-5-4-8-16(17)19(23)21-10-11-22-12-13-24-18(14-22)15-6-2-1-3-7-15/h1-9,18H,10-14H2,(H,21,23). The average molecular weight is 389 g/mol. The number of halogens is 1. The van der Waals surface area contributed by atoms with Crippen LogP contribution in [0.4, 0.5) is 0 Å². The molecule has 1 heterocycles. The quantitative estimate of drug-likeness (QED) is 0.854. The molecular weight excluding hydrogens is 368 g/mol. The smallest absolute Gasteiger partial charge is 0.252 e. The van der Waals surface area contributed by atoms with Crippen LogP contribution in [0.25, 0.3) is 0 Å². The Balaban J connectivity index is 1.48. The van der Waals surface area contributed by atoms with Gasteiger partial charge in [-0.15, -0.1) is 0 Å². The summed E-state index contributed by atoms with van der Waals surface area (Å²) in [6, 6.07) is 17.8. The number of rotatable bonds is 5. The first-order valence-corrected chi connectivity index (χ1v) is 8.95. The molecule has 3 rings (SSSR count). The third-order valence-electron chi connectivity index (χ3n) is 4.15. The van der Waals surface area contributed by atoms with E-state index in [1.165, 1.54) is 5.56 Å². The van der Waals surface area contributed by atoms with E-state index < -0.39 is 0 Å². The molecule has 1 atom stereocenters. The lowest BCUT2D eigenvalue weighted by atomic mass is 10.1. The van der Waals surface area contributed by atoms with Gasteiger partial charge >= 0.3 is 0 Å². The van der Waals surface area contributed by atoms with E-state index in [1.807, 2.05) is 42.5 Å². The molecule has 1 unspecified atom stereocenters. The number of benzene rings is 2. The van der Waals surface area contributed by atoms with E-state index in [0.29, 0.717) is 12.1 Å². The van der Waals surface area contributed by atoms with Gasteiger partial charge in [0.2, 0.25) is 0 Å². The van der Waals surface area contributed by atoms with Crippen LogP contribution in [0, 0.1) is 0 Å². The first-order chi connectivity index (χ1) is 11.7. The first-order valence-electron chi connectivity index (χ1n) is 8.15. The summed E-state index contributed by atoms with van der Waals surface area (Å²) in [7, 11) is 0. The summed E-state index contributed by atoms with van der Waals surface area (Å²) in [5, 5.41) is 2.99. The average Bonchev–Trinajstić information content (AvgIpc) is 2.63. The van der Waals surface area contributed by atoms with Crippen molar-refractivity contribution < 1.29 is 9.53 Å². The SMILES string of the molecule is O=C(NCCN1CCOC(c2ccccc2)C1)c1ccccc1Br. The predicted molar refractivity (Wildman–Crippen MR) is 98.1 cm³/mol. The van der Waals surface area contributed by atoms with E-state index in [0.717, 1.165) is 30.7 Å². The van der Waals surface area contributed by atoms with Gasteiger partial charge in [-0.05, 0) is 33.6 Å². The molecule has 1 fully saturated rings. The predicted octanol–water partition coefficient (Wildman–Crippen LogP) is 3.25. The van der Waals surface area contributed by atoms with Crippen molar-refractivity contribution in [3.63, 3.8) is 0 Å². The molecule has 0 aromatic heterocycles. The van der Waals surface area contributed by atoms with Crippen molar-refractivity contribution in [3.05, 3.63) is 70.2 Å². The van der Waals surface area contributed by atoms with Gasteiger partial charge in [-0.25, -0.2) is 0 Å². The monoisotopic (exact) mass is 388 g/mol. The van der Waals surface area contributed by atoms with Gasteiger partial charge in [0.05, 0.1) is 18.3 Å². The Morgan fingerprint density at radius 3 is 2.71 bits per heavy atom. The molecule has 1 aliphatic rings. The number of hydrogen-bond donors (Lipinski definition) is 1. The van der Waals surface area contributed by atoms with Crippen molar-refractivity contribution in [2.45, 2.75) is 6.10 Å². The zero-order valence-corrected chi connectivity index (χ0v) is 15.0. The van der Waals surface area contributed by atoms with Crippen LogP contribution in [0.5, 0.6) is 0 Å². The topological polar surface area (TPSA) is 41.6 Å². The molecule has 1 aliphatic heterocycles. The number of ether oxygens (including phenoxy) is 1. The molecule has 2 aromatic rings. The van der Waals surface area contributed by atoms with Crippen molar-refractivity contribution in [1.82, 2.24) is 10.2 Å². The van der Waals surface area contributed by atoms with E-state index >= 15 is 0 Å². The van der Waals surface area contributed by atoms with Crippen LogP contribution in [-0.2, 0) is 4.74 Å². The second-order valence-electron chi connectivity index (χ2n) is 5.81. The van der Waals surface area contributed by atoms with Gasteiger partial charge in [0.1, 0.15) is 0 Å². The van der Waals surface area contributed by atoms with Gasteiger partial charge in [-0.2, -0.15) is 0 Å². The van der Waals surface area contributed by atoms with Gasteiger partial charge in [0.15, 0.2) is 0 Å². The van der Waals surface area contributed by atoms with Crippen LogP contribution in [-0.4, -0.2) is 43.6 Å². The van der Waals surface area contributed by atoms with E-state index in [4.69, 9.17) is 4.74 Å². The van der Waals surface area contributed by atoms with Crippen molar-refractivity contribution in [2.75, 3.05) is 32.8 Å². The Hall–Kier alpha value is -1.69. The van der Waals surface area contributed by atoms with Crippen molar-refractivity contribution in [2.24, 2.45) is 0 Å². The van der Waals surface area contributed by atoms with Crippen molar-refractivity contribution in [3.8, 4) is 0 Å². The summed E-state index contributed by atoms with van der Waals surface area (Å²) in [5.74, 6) is -0.0460. The van der Waals surface area contributed by atoms with Crippen molar-refractivity contribution >= 4 is 21.8 Å². The summed E-state index contributed by atoms with van der Waals surface area (Å²) < 4.78 is 6.69. The van der Waals surface area contributed by atoms with E-state index in [2.05, 4.69) is 38.3 Å². The van der Waals surface area contributed by atoms with Gasteiger partial charge in [0.25, 0.3) is 5.91 Å². The summed E-state index contributed by atoms with van der Waals surface area (Å²) in [6.45, 7) is 3.92. The lowest BCUT2D eigenvalue weighted by molar-refractivity contribution is -0.0293. The molecule has 0 aliphatic carbocycles. The summed E-state index contributed by atoms with van der Waals surface area (Å²) >= 11 is 3.41. The van der Waals surface area contributed by atoms with Crippen molar-refractivity contribution in [1.29, 1.82) is 0 Å². The molecular formula is C19H21BrN2O2. The fourth-order valence-corrected chi connectivity index (χ4v) is 3.31. The lowest BCUT2D eigenvalue weighted by Crippen LogP contribution is -2.42. The number of amides is 1. The fourth-order valence-electron chi connectivity index (χ4n) is 2.84. The lowest BCUT2D eigenvalue weighted by Gasteiger charge is -2.33. The maximum absolute atomic E-state index is 12.2. The number of hydrogen-bond acceptors (Lipinski definition) is 3. The molecule has 0 bridgehead atoms. The fraction of sp³-hybridized carbons (Fsp3) is 0.316. The molecule has 126 valence electrons. The number of carbonyl (C=O) groups excluding carboxylic acids is 1. The Bertz CT molecular complexity index is 678.